The zero-order valence-corrected chi connectivity index (χ0v) is 11.2. The largest absolute Gasteiger partial charge is 0.480 e. The van der Waals surface area contributed by atoms with Crippen LogP contribution in [0.3, 0.4) is 0 Å². The van der Waals surface area contributed by atoms with Crippen molar-refractivity contribution in [2.24, 2.45) is 0 Å². The molecule has 0 radical (unpaired) electrons. The molecule has 0 aliphatic carbocycles. The van der Waals surface area contributed by atoms with E-state index in [0.29, 0.717) is 24.1 Å². The van der Waals surface area contributed by atoms with E-state index in [1.54, 1.807) is 24.3 Å². The van der Waals surface area contributed by atoms with E-state index in [1.165, 1.54) is 0 Å². The van der Waals surface area contributed by atoms with Crippen LogP contribution in [0.2, 0.25) is 0 Å². The molecule has 1 aromatic rings. The van der Waals surface area contributed by atoms with Crippen molar-refractivity contribution in [1.82, 2.24) is 5.32 Å². The number of carboxylic acid groups (broad SMARTS) is 1. The zero-order valence-electron chi connectivity index (χ0n) is 11.2. The Labute approximate surface area is 117 Å². The number of para-hydroxylation sites is 1. The topological polar surface area (TPSA) is 102 Å². The standard InChI is InChI=1S/C14H17N3O3/c1-2-3-7-12(13(18)19)17-14(20)16-11-8-5-4-6-10(11)9-15/h4-6,8,12H,2-3,7H2,1H3,(H,18,19)(H2,16,17,20)/t12-/m0/s1. The Hall–Kier alpha value is -2.55. The lowest BCUT2D eigenvalue weighted by atomic mass is 10.1. The van der Waals surface area contributed by atoms with Crippen LogP contribution in [0.15, 0.2) is 24.3 Å². The highest BCUT2D eigenvalue weighted by Crippen LogP contribution is 2.13. The SMILES string of the molecule is CCCC[C@H](NC(=O)Nc1ccccc1C#N)C(=O)O. The second-order valence-corrected chi connectivity index (χ2v) is 4.29. The summed E-state index contributed by atoms with van der Waals surface area (Å²) in [6, 6.07) is 6.92. The predicted octanol–water partition coefficient (Wildman–Crippen LogP) is 2.32. The van der Waals surface area contributed by atoms with Crippen molar-refractivity contribution in [3.63, 3.8) is 0 Å². The molecule has 1 rings (SSSR count). The lowest BCUT2D eigenvalue weighted by Crippen LogP contribution is -2.43. The molecule has 0 unspecified atom stereocenters. The number of carbonyl (C=O) groups excluding carboxylic acids is 1. The molecule has 20 heavy (non-hydrogen) atoms. The van der Waals surface area contributed by atoms with Crippen LogP contribution in [-0.2, 0) is 4.79 Å². The molecule has 3 N–H and O–H groups in total. The smallest absolute Gasteiger partial charge is 0.326 e. The Balaban J connectivity index is 2.66. The molecular weight excluding hydrogens is 258 g/mol. The number of hydrogen-bond acceptors (Lipinski definition) is 3. The van der Waals surface area contributed by atoms with Crippen LogP contribution in [0.25, 0.3) is 0 Å². The number of carboxylic acids is 1. The van der Waals surface area contributed by atoms with Gasteiger partial charge < -0.3 is 15.7 Å². The highest BCUT2D eigenvalue weighted by molar-refractivity contribution is 5.93. The van der Waals surface area contributed by atoms with Crippen LogP contribution in [0.1, 0.15) is 31.7 Å². The van der Waals surface area contributed by atoms with Crippen molar-refractivity contribution in [1.29, 1.82) is 5.26 Å². The van der Waals surface area contributed by atoms with Crippen molar-refractivity contribution in [2.45, 2.75) is 32.2 Å². The first-order valence-electron chi connectivity index (χ1n) is 6.38. The number of hydrogen-bond donors (Lipinski definition) is 3. The minimum absolute atomic E-state index is 0.322. The molecular formula is C14H17N3O3. The highest BCUT2D eigenvalue weighted by atomic mass is 16.4. The Kier molecular flexibility index (Phi) is 6.04. The van der Waals surface area contributed by atoms with Crippen LogP contribution in [-0.4, -0.2) is 23.1 Å². The van der Waals surface area contributed by atoms with Gasteiger partial charge in [-0.1, -0.05) is 31.9 Å². The Morgan fingerprint density at radius 1 is 1.40 bits per heavy atom. The van der Waals surface area contributed by atoms with E-state index in [2.05, 4.69) is 10.6 Å². The maximum Gasteiger partial charge on any atom is 0.326 e. The molecule has 0 fully saturated rings. The fraction of sp³-hybridized carbons (Fsp3) is 0.357. The highest BCUT2D eigenvalue weighted by Gasteiger charge is 2.19. The average molecular weight is 275 g/mol. The number of carbonyl (C=O) groups is 2. The first-order valence-corrected chi connectivity index (χ1v) is 6.38. The van der Waals surface area contributed by atoms with Crippen molar-refractivity contribution in [3.05, 3.63) is 29.8 Å². The lowest BCUT2D eigenvalue weighted by molar-refractivity contribution is -0.139. The van der Waals surface area contributed by atoms with Crippen LogP contribution in [0.5, 0.6) is 0 Å². The molecule has 6 nitrogen and oxygen atoms in total. The number of unbranched alkanes of at least 4 members (excludes halogenated alkanes) is 1. The molecule has 0 saturated heterocycles. The van der Waals surface area contributed by atoms with E-state index < -0.39 is 18.0 Å². The van der Waals surface area contributed by atoms with Gasteiger partial charge in [0.1, 0.15) is 12.1 Å². The summed E-state index contributed by atoms with van der Waals surface area (Å²) in [5, 5.41) is 22.8. The van der Waals surface area contributed by atoms with Gasteiger partial charge in [-0.25, -0.2) is 9.59 Å². The minimum Gasteiger partial charge on any atom is -0.480 e. The third kappa shape index (κ3) is 4.61. The van der Waals surface area contributed by atoms with Crippen LogP contribution in [0, 0.1) is 11.3 Å². The number of nitrogens with one attached hydrogen (secondary N) is 2. The first kappa shape index (κ1) is 15.5. The van der Waals surface area contributed by atoms with Gasteiger partial charge in [0, 0.05) is 0 Å². The van der Waals surface area contributed by atoms with Gasteiger partial charge in [0.2, 0.25) is 0 Å². The molecule has 1 atom stereocenters. The van der Waals surface area contributed by atoms with Gasteiger partial charge in [-0.3, -0.25) is 0 Å². The quantitative estimate of drug-likeness (QED) is 0.741. The Morgan fingerprint density at radius 2 is 2.10 bits per heavy atom. The fourth-order valence-electron chi connectivity index (χ4n) is 1.67. The molecule has 0 saturated carbocycles. The summed E-state index contributed by atoms with van der Waals surface area (Å²) in [6.07, 6.45) is 1.94. The third-order valence-electron chi connectivity index (χ3n) is 2.75. The van der Waals surface area contributed by atoms with Gasteiger partial charge in [-0.15, -0.1) is 0 Å². The number of anilines is 1. The second-order valence-electron chi connectivity index (χ2n) is 4.29. The van der Waals surface area contributed by atoms with Crippen molar-refractivity contribution < 1.29 is 14.7 Å². The van der Waals surface area contributed by atoms with Crippen LogP contribution in [0.4, 0.5) is 10.5 Å². The van der Waals surface area contributed by atoms with Gasteiger partial charge in [0.15, 0.2) is 0 Å². The van der Waals surface area contributed by atoms with Gasteiger partial charge >= 0.3 is 12.0 Å². The summed E-state index contributed by atoms with van der Waals surface area (Å²) in [4.78, 5) is 22.8. The molecule has 1 aromatic carbocycles. The van der Waals surface area contributed by atoms with Crippen molar-refractivity contribution in [3.8, 4) is 6.07 Å². The molecule has 0 spiro atoms. The van der Waals surface area contributed by atoms with E-state index in [-0.39, 0.29) is 0 Å². The van der Waals surface area contributed by atoms with Gasteiger partial charge in [-0.05, 0) is 18.6 Å². The van der Waals surface area contributed by atoms with Crippen LogP contribution >= 0.6 is 0 Å². The number of nitriles is 1. The average Bonchev–Trinajstić information content (AvgIpc) is 2.43. The van der Waals surface area contributed by atoms with Crippen molar-refractivity contribution >= 4 is 17.7 Å². The molecule has 0 heterocycles. The molecule has 0 aliphatic heterocycles. The van der Waals surface area contributed by atoms with Crippen molar-refractivity contribution in [2.75, 3.05) is 5.32 Å². The molecule has 0 bridgehead atoms. The van der Waals surface area contributed by atoms with E-state index in [1.807, 2.05) is 13.0 Å². The lowest BCUT2D eigenvalue weighted by Gasteiger charge is -2.15. The number of rotatable bonds is 6. The fourth-order valence-corrected chi connectivity index (χ4v) is 1.67. The van der Waals surface area contributed by atoms with Gasteiger partial charge in [0.05, 0.1) is 11.3 Å². The van der Waals surface area contributed by atoms with Crippen LogP contribution < -0.4 is 10.6 Å². The number of urea groups is 1. The second kappa shape index (κ2) is 7.79. The maximum absolute atomic E-state index is 11.8. The zero-order chi connectivity index (χ0) is 15.0. The summed E-state index contributed by atoms with van der Waals surface area (Å²) in [7, 11) is 0. The summed E-state index contributed by atoms with van der Waals surface area (Å²) >= 11 is 0. The number of aliphatic carboxylic acids is 1. The summed E-state index contributed by atoms with van der Waals surface area (Å²) < 4.78 is 0. The molecule has 0 aromatic heterocycles. The minimum atomic E-state index is -1.07. The normalized spacial score (nSPS) is 11.2. The molecule has 2 amide bonds. The molecule has 6 heteroatoms. The van der Waals surface area contributed by atoms with E-state index >= 15 is 0 Å². The Bertz CT molecular complexity index is 523. The molecule has 0 aliphatic rings. The molecule has 106 valence electrons. The number of nitrogens with zero attached hydrogens (tertiary/aromatic N) is 1. The number of amides is 2. The number of benzene rings is 1. The summed E-state index contributed by atoms with van der Waals surface area (Å²) in [5.74, 6) is -1.07. The third-order valence-corrected chi connectivity index (χ3v) is 2.75. The van der Waals surface area contributed by atoms with E-state index in [9.17, 15) is 9.59 Å². The maximum atomic E-state index is 11.8. The first-order chi connectivity index (χ1) is 9.58. The predicted molar refractivity (Wildman–Crippen MR) is 74.3 cm³/mol. The summed E-state index contributed by atoms with van der Waals surface area (Å²) in [5.41, 5.74) is 0.676. The summed E-state index contributed by atoms with van der Waals surface area (Å²) in [6.45, 7) is 1.95. The van der Waals surface area contributed by atoms with Gasteiger partial charge in [0.25, 0.3) is 0 Å². The monoisotopic (exact) mass is 275 g/mol. The van der Waals surface area contributed by atoms with Gasteiger partial charge in [-0.2, -0.15) is 5.26 Å². The Morgan fingerprint density at radius 3 is 2.70 bits per heavy atom. The van der Waals surface area contributed by atoms with E-state index in [4.69, 9.17) is 10.4 Å². The van der Waals surface area contributed by atoms with E-state index in [0.717, 1.165) is 6.42 Å².